The minimum Gasteiger partial charge on any atom is -0.336 e. The number of carbonyl (C=O) groups excluding carboxylic acids is 1. The van der Waals surface area contributed by atoms with Gasteiger partial charge in [0.15, 0.2) is 0 Å². The molecule has 1 amide bonds. The van der Waals surface area contributed by atoms with E-state index in [9.17, 15) is 4.79 Å². The summed E-state index contributed by atoms with van der Waals surface area (Å²) < 4.78 is 1.79. The van der Waals surface area contributed by atoms with Crippen molar-refractivity contribution in [1.29, 1.82) is 0 Å². The molecule has 1 aromatic carbocycles. The van der Waals surface area contributed by atoms with Gasteiger partial charge in [-0.15, -0.1) is 0 Å². The topological polar surface area (TPSA) is 38.1 Å². The van der Waals surface area contributed by atoms with E-state index in [2.05, 4.69) is 34.3 Å². The molecule has 1 atom stereocenters. The standard InChI is InChI=1S/C21H27N3O/c1-23-17-19(16-22-23)12-14-21(25)24-15-7-3-6-10-20(24)13-11-18-8-4-2-5-9-18/h2,4-5,8-9,11,13,16-17,20H,3,6-7,10,12,14-15H2,1H3/b13-11+. The van der Waals surface area contributed by atoms with Crippen molar-refractivity contribution in [3.8, 4) is 0 Å². The van der Waals surface area contributed by atoms with E-state index < -0.39 is 0 Å². The van der Waals surface area contributed by atoms with Gasteiger partial charge in [-0.25, -0.2) is 0 Å². The molecule has 0 spiro atoms. The van der Waals surface area contributed by atoms with Crippen molar-refractivity contribution in [2.45, 2.75) is 44.6 Å². The van der Waals surface area contributed by atoms with Crippen LogP contribution in [0.25, 0.3) is 6.08 Å². The highest BCUT2D eigenvalue weighted by molar-refractivity contribution is 5.77. The average Bonchev–Trinajstić information content (AvgIpc) is 2.91. The van der Waals surface area contributed by atoms with Crippen LogP contribution in [0.4, 0.5) is 0 Å². The number of hydrogen-bond acceptors (Lipinski definition) is 2. The predicted octanol–water partition coefficient (Wildman–Crippen LogP) is 3.84. The summed E-state index contributed by atoms with van der Waals surface area (Å²) >= 11 is 0. The molecule has 0 aliphatic carbocycles. The van der Waals surface area contributed by atoms with Crippen LogP contribution in [0.3, 0.4) is 0 Å². The van der Waals surface area contributed by atoms with Gasteiger partial charge >= 0.3 is 0 Å². The summed E-state index contributed by atoms with van der Waals surface area (Å²) in [5.74, 6) is 0.258. The number of nitrogens with zero attached hydrogens (tertiary/aromatic N) is 3. The number of benzene rings is 1. The van der Waals surface area contributed by atoms with Gasteiger partial charge in [0, 0.05) is 26.2 Å². The van der Waals surface area contributed by atoms with Crippen LogP contribution in [-0.2, 0) is 18.3 Å². The molecule has 2 heterocycles. The Hall–Kier alpha value is -2.36. The Morgan fingerprint density at radius 3 is 2.84 bits per heavy atom. The summed E-state index contributed by atoms with van der Waals surface area (Å²) in [6, 6.07) is 10.5. The zero-order valence-electron chi connectivity index (χ0n) is 15.0. The van der Waals surface area contributed by atoms with Crippen LogP contribution in [0.2, 0.25) is 0 Å². The summed E-state index contributed by atoms with van der Waals surface area (Å²) in [5.41, 5.74) is 2.32. The third-order valence-electron chi connectivity index (χ3n) is 4.82. The molecule has 0 saturated carbocycles. The summed E-state index contributed by atoms with van der Waals surface area (Å²) in [4.78, 5) is 14.9. The first-order valence-electron chi connectivity index (χ1n) is 9.22. The van der Waals surface area contributed by atoms with E-state index in [1.165, 1.54) is 18.4 Å². The molecule has 1 aliphatic rings. The maximum Gasteiger partial charge on any atom is 0.223 e. The van der Waals surface area contributed by atoms with E-state index in [0.29, 0.717) is 6.42 Å². The molecule has 4 heteroatoms. The largest absolute Gasteiger partial charge is 0.336 e. The van der Waals surface area contributed by atoms with E-state index >= 15 is 0 Å². The van der Waals surface area contributed by atoms with Crippen molar-refractivity contribution < 1.29 is 4.79 Å². The van der Waals surface area contributed by atoms with Crippen LogP contribution in [0, 0.1) is 0 Å². The van der Waals surface area contributed by atoms with Crippen molar-refractivity contribution in [3.63, 3.8) is 0 Å². The molecular weight excluding hydrogens is 310 g/mol. The lowest BCUT2D eigenvalue weighted by atomic mass is 10.1. The molecule has 0 radical (unpaired) electrons. The summed E-state index contributed by atoms with van der Waals surface area (Å²) in [6.45, 7) is 0.871. The Labute approximate surface area is 150 Å². The second kappa shape index (κ2) is 8.65. The Morgan fingerprint density at radius 2 is 2.08 bits per heavy atom. The van der Waals surface area contributed by atoms with Crippen molar-refractivity contribution >= 4 is 12.0 Å². The van der Waals surface area contributed by atoms with E-state index in [0.717, 1.165) is 31.4 Å². The Morgan fingerprint density at radius 1 is 1.24 bits per heavy atom. The fourth-order valence-electron chi connectivity index (χ4n) is 3.43. The summed E-state index contributed by atoms with van der Waals surface area (Å²) in [6.07, 6.45) is 14.1. The fraction of sp³-hybridized carbons (Fsp3) is 0.429. The van der Waals surface area contributed by atoms with Gasteiger partial charge in [-0.1, -0.05) is 55.3 Å². The predicted molar refractivity (Wildman–Crippen MR) is 101 cm³/mol. The highest BCUT2D eigenvalue weighted by Crippen LogP contribution is 2.20. The van der Waals surface area contributed by atoms with Crippen LogP contribution in [0.5, 0.6) is 0 Å². The molecule has 2 aromatic rings. The second-order valence-corrected chi connectivity index (χ2v) is 6.80. The molecule has 25 heavy (non-hydrogen) atoms. The highest BCUT2D eigenvalue weighted by Gasteiger charge is 2.23. The summed E-state index contributed by atoms with van der Waals surface area (Å²) in [7, 11) is 1.91. The van der Waals surface area contributed by atoms with Gasteiger partial charge in [0.25, 0.3) is 0 Å². The van der Waals surface area contributed by atoms with Crippen LogP contribution < -0.4 is 0 Å². The smallest absolute Gasteiger partial charge is 0.223 e. The van der Waals surface area contributed by atoms with E-state index in [-0.39, 0.29) is 11.9 Å². The quantitative estimate of drug-likeness (QED) is 0.831. The summed E-state index contributed by atoms with van der Waals surface area (Å²) in [5, 5.41) is 4.18. The SMILES string of the molecule is Cn1cc(CCC(=O)N2CCCCCC2/C=C/c2ccccc2)cn1. The van der Waals surface area contributed by atoms with Crippen molar-refractivity contribution in [2.24, 2.45) is 7.05 Å². The zero-order valence-corrected chi connectivity index (χ0v) is 15.0. The third-order valence-corrected chi connectivity index (χ3v) is 4.82. The Bertz CT molecular complexity index is 705. The van der Waals surface area contributed by atoms with Gasteiger partial charge in [0.05, 0.1) is 12.2 Å². The highest BCUT2D eigenvalue weighted by atomic mass is 16.2. The van der Waals surface area contributed by atoms with E-state index in [1.807, 2.05) is 37.6 Å². The molecule has 1 unspecified atom stereocenters. The van der Waals surface area contributed by atoms with E-state index in [1.54, 1.807) is 4.68 Å². The number of likely N-dealkylation sites (tertiary alicyclic amines) is 1. The molecule has 0 N–H and O–H groups in total. The molecule has 132 valence electrons. The Kier molecular flexibility index (Phi) is 6.04. The maximum atomic E-state index is 12.8. The molecule has 4 nitrogen and oxygen atoms in total. The number of aryl methyl sites for hydroxylation is 2. The first kappa shape index (κ1) is 17.5. The van der Waals surface area contributed by atoms with Gasteiger partial charge in [-0.2, -0.15) is 5.10 Å². The molecule has 1 aromatic heterocycles. The van der Waals surface area contributed by atoms with Gasteiger partial charge < -0.3 is 4.90 Å². The van der Waals surface area contributed by atoms with Gasteiger partial charge in [-0.3, -0.25) is 9.48 Å². The lowest BCUT2D eigenvalue weighted by Crippen LogP contribution is -2.39. The second-order valence-electron chi connectivity index (χ2n) is 6.80. The zero-order chi connectivity index (χ0) is 17.5. The number of aromatic nitrogens is 2. The number of hydrogen-bond donors (Lipinski definition) is 0. The molecular formula is C21H27N3O. The lowest BCUT2D eigenvalue weighted by molar-refractivity contribution is -0.132. The van der Waals surface area contributed by atoms with Gasteiger partial charge in [-0.05, 0) is 30.4 Å². The van der Waals surface area contributed by atoms with Crippen LogP contribution >= 0.6 is 0 Å². The Balaban J connectivity index is 1.64. The number of carbonyl (C=O) groups is 1. The monoisotopic (exact) mass is 337 g/mol. The first-order chi connectivity index (χ1) is 12.2. The maximum absolute atomic E-state index is 12.8. The van der Waals surface area contributed by atoms with Crippen molar-refractivity contribution in [3.05, 3.63) is 59.9 Å². The van der Waals surface area contributed by atoms with Crippen LogP contribution in [0.1, 0.15) is 43.2 Å². The van der Waals surface area contributed by atoms with Crippen LogP contribution in [0.15, 0.2) is 48.8 Å². The minimum absolute atomic E-state index is 0.212. The third kappa shape index (κ3) is 5.05. The number of amides is 1. The molecule has 1 aliphatic heterocycles. The van der Waals surface area contributed by atoms with Crippen molar-refractivity contribution in [1.82, 2.24) is 14.7 Å². The number of rotatable bonds is 5. The van der Waals surface area contributed by atoms with E-state index in [4.69, 9.17) is 0 Å². The van der Waals surface area contributed by atoms with Crippen LogP contribution in [-0.4, -0.2) is 33.2 Å². The van der Waals surface area contributed by atoms with Gasteiger partial charge in [0.1, 0.15) is 0 Å². The molecule has 3 rings (SSSR count). The first-order valence-corrected chi connectivity index (χ1v) is 9.22. The molecule has 0 bridgehead atoms. The fourth-order valence-corrected chi connectivity index (χ4v) is 3.43. The average molecular weight is 337 g/mol. The normalized spacial score (nSPS) is 18.4. The molecule has 1 fully saturated rings. The lowest BCUT2D eigenvalue weighted by Gasteiger charge is -2.28. The van der Waals surface area contributed by atoms with Gasteiger partial charge in [0.2, 0.25) is 5.91 Å². The van der Waals surface area contributed by atoms with Crippen molar-refractivity contribution in [2.75, 3.05) is 6.54 Å². The minimum atomic E-state index is 0.212. The molecule has 1 saturated heterocycles.